The molecule has 1 aromatic carbocycles. The van der Waals surface area contributed by atoms with Crippen molar-refractivity contribution < 1.29 is 4.79 Å². The lowest BCUT2D eigenvalue weighted by molar-refractivity contribution is 0.0791. The first-order valence-electron chi connectivity index (χ1n) is 11.3. The highest BCUT2D eigenvalue weighted by Crippen LogP contribution is 2.31. The van der Waals surface area contributed by atoms with Crippen LogP contribution in [0.1, 0.15) is 28.3 Å². The third kappa shape index (κ3) is 3.61. The summed E-state index contributed by atoms with van der Waals surface area (Å²) < 4.78 is 2.06. The Bertz CT molecular complexity index is 1450. The fourth-order valence-electron chi connectivity index (χ4n) is 4.67. The molecular weight excluding hydrogens is 424 g/mol. The summed E-state index contributed by atoms with van der Waals surface area (Å²) in [7, 11) is 0. The Morgan fingerprint density at radius 1 is 0.882 bits per heavy atom. The fraction of sp³-hybridized carbons (Fsp3) is 0.148. The van der Waals surface area contributed by atoms with Crippen molar-refractivity contribution in [2.75, 3.05) is 13.1 Å². The van der Waals surface area contributed by atoms with Crippen LogP contribution in [-0.2, 0) is 0 Å². The number of hydrogen-bond donors (Lipinski definition) is 0. The Balaban J connectivity index is 1.37. The van der Waals surface area contributed by atoms with Gasteiger partial charge in [0.15, 0.2) is 0 Å². The van der Waals surface area contributed by atoms with E-state index >= 15 is 0 Å². The number of carbonyl (C=O) groups is 1. The number of imidazole rings is 1. The van der Waals surface area contributed by atoms with Crippen LogP contribution in [0.4, 0.5) is 0 Å². The Labute approximate surface area is 196 Å². The van der Waals surface area contributed by atoms with Crippen LogP contribution in [0.3, 0.4) is 0 Å². The van der Waals surface area contributed by atoms with E-state index in [-0.39, 0.29) is 5.91 Å². The highest BCUT2D eigenvalue weighted by atomic mass is 16.2. The first-order chi connectivity index (χ1) is 16.8. The second-order valence-corrected chi connectivity index (χ2v) is 8.45. The molecule has 166 valence electrons. The maximum absolute atomic E-state index is 13.4. The molecule has 0 N–H and O–H groups in total. The van der Waals surface area contributed by atoms with E-state index in [9.17, 15) is 4.79 Å². The van der Waals surface area contributed by atoms with Crippen LogP contribution in [0.2, 0.25) is 0 Å². The van der Waals surface area contributed by atoms with Crippen molar-refractivity contribution in [3.8, 4) is 17.1 Å². The SMILES string of the molecule is O=C(c1ccc2c(c1)nc(-c1cccnc1)n2-c1cccnc1)N1CCC(c2cccnc2)C1. The van der Waals surface area contributed by atoms with Crippen LogP contribution in [-0.4, -0.2) is 48.4 Å². The van der Waals surface area contributed by atoms with E-state index in [1.54, 1.807) is 24.8 Å². The van der Waals surface area contributed by atoms with Crippen LogP contribution in [0.25, 0.3) is 28.1 Å². The zero-order valence-electron chi connectivity index (χ0n) is 18.5. The predicted molar refractivity (Wildman–Crippen MR) is 130 cm³/mol. The number of amides is 1. The molecular formula is C27H22N6O. The normalized spacial score (nSPS) is 15.6. The number of likely N-dealkylation sites (tertiary alicyclic amines) is 1. The van der Waals surface area contributed by atoms with E-state index in [1.807, 2.05) is 65.8 Å². The molecule has 4 aromatic heterocycles. The van der Waals surface area contributed by atoms with Gasteiger partial charge in [0.05, 0.1) is 22.9 Å². The second-order valence-electron chi connectivity index (χ2n) is 8.45. The number of rotatable bonds is 4. The Hall–Kier alpha value is -4.39. The van der Waals surface area contributed by atoms with Gasteiger partial charge in [-0.2, -0.15) is 0 Å². The van der Waals surface area contributed by atoms with E-state index in [4.69, 9.17) is 4.98 Å². The Morgan fingerprint density at radius 2 is 1.68 bits per heavy atom. The van der Waals surface area contributed by atoms with Gasteiger partial charge in [-0.1, -0.05) is 6.07 Å². The van der Waals surface area contributed by atoms with Crippen molar-refractivity contribution >= 4 is 16.9 Å². The van der Waals surface area contributed by atoms with Gasteiger partial charge in [0.1, 0.15) is 5.82 Å². The molecule has 1 unspecified atom stereocenters. The number of pyridine rings is 3. The summed E-state index contributed by atoms with van der Waals surface area (Å²) in [4.78, 5) is 33.0. The lowest BCUT2D eigenvalue weighted by Crippen LogP contribution is -2.28. The summed E-state index contributed by atoms with van der Waals surface area (Å²) in [5, 5.41) is 0. The molecule has 1 amide bonds. The first kappa shape index (κ1) is 20.2. The maximum Gasteiger partial charge on any atom is 0.253 e. The third-order valence-corrected chi connectivity index (χ3v) is 6.36. The molecule has 34 heavy (non-hydrogen) atoms. The number of hydrogen-bond acceptors (Lipinski definition) is 5. The van der Waals surface area contributed by atoms with Gasteiger partial charge in [0, 0.05) is 61.1 Å². The summed E-state index contributed by atoms with van der Waals surface area (Å²) in [6.45, 7) is 1.44. The molecule has 0 saturated carbocycles. The van der Waals surface area contributed by atoms with Gasteiger partial charge in [-0.05, 0) is 60.5 Å². The molecule has 1 aliphatic heterocycles. The summed E-state index contributed by atoms with van der Waals surface area (Å²) in [6, 6.07) is 17.6. The molecule has 7 heteroatoms. The monoisotopic (exact) mass is 446 g/mol. The zero-order chi connectivity index (χ0) is 22.9. The summed E-state index contributed by atoms with van der Waals surface area (Å²) in [5.74, 6) is 1.12. The number of fused-ring (bicyclic) bond motifs is 1. The summed E-state index contributed by atoms with van der Waals surface area (Å²) in [6.07, 6.45) is 11.7. The third-order valence-electron chi connectivity index (χ3n) is 6.36. The van der Waals surface area contributed by atoms with Crippen molar-refractivity contribution in [1.29, 1.82) is 0 Å². The molecule has 1 saturated heterocycles. The van der Waals surface area contributed by atoms with Gasteiger partial charge in [-0.3, -0.25) is 24.3 Å². The van der Waals surface area contributed by atoms with Gasteiger partial charge in [0.2, 0.25) is 0 Å². The molecule has 5 aromatic rings. The molecule has 1 aliphatic rings. The molecule has 6 rings (SSSR count). The van der Waals surface area contributed by atoms with Gasteiger partial charge in [-0.15, -0.1) is 0 Å². The molecule has 0 radical (unpaired) electrons. The fourth-order valence-corrected chi connectivity index (χ4v) is 4.67. The molecule has 7 nitrogen and oxygen atoms in total. The average Bonchev–Trinajstić information content (AvgIpc) is 3.55. The standard InChI is InChI=1S/C27H22N6O/c34-27(32-13-9-22(18-32)20-4-1-10-28-15-20)19-7-8-25-24(14-19)31-26(21-5-2-11-29-16-21)33(25)23-6-3-12-30-17-23/h1-8,10-12,14-17,22H,9,13,18H2. The van der Waals surface area contributed by atoms with Crippen LogP contribution in [0.15, 0.2) is 91.8 Å². The van der Waals surface area contributed by atoms with Gasteiger partial charge in [0.25, 0.3) is 5.91 Å². The highest BCUT2D eigenvalue weighted by Gasteiger charge is 2.28. The molecule has 1 fully saturated rings. The maximum atomic E-state index is 13.4. The van der Waals surface area contributed by atoms with Gasteiger partial charge >= 0.3 is 0 Å². The molecule has 0 aliphatic carbocycles. The van der Waals surface area contributed by atoms with E-state index in [2.05, 4.69) is 25.6 Å². The van der Waals surface area contributed by atoms with Crippen molar-refractivity contribution in [1.82, 2.24) is 29.4 Å². The molecule has 0 spiro atoms. The minimum absolute atomic E-state index is 0.0344. The molecule has 0 bridgehead atoms. The van der Waals surface area contributed by atoms with E-state index in [1.165, 1.54) is 5.56 Å². The Kier molecular flexibility index (Phi) is 5.07. The summed E-state index contributed by atoms with van der Waals surface area (Å²) >= 11 is 0. The highest BCUT2D eigenvalue weighted by molar-refractivity contribution is 5.98. The lowest BCUT2D eigenvalue weighted by atomic mass is 10.0. The smallest absolute Gasteiger partial charge is 0.253 e. The molecule has 1 atom stereocenters. The van der Waals surface area contributed by atoms with Crippen LogP contribution < -0.4 is 0 Å². The summed E-state index contributed by atoms with van der Waals surface area (Å²) in [5.41, 5.74) is 5.31. The van der Waals surface area contributed by atoms with E-state index in [0.29, 0.717) is 18.0 Å². The predicted octanol–water partition coefficient (Wildman–Crippen LogP) is 4.51. The van der Waals surface area contributed by atoms with E-state index < -0.39 is 0 Å². The number of nitrogens with zero attached hydrogens (tertiary/aromatic N) is 6. The van der Waals surface area contributed by atoms with Crippen molar-refractivity contribution in [3.63, 3.8) is 0 Å². The minimum atomic E-state index is 0.0344. The number of benzene rings is 1. The van der Waals surface area contributed by atoms with Gasteiger partial charge in [-0.25, -0.2) is 4.98 Å². The van der Waals surface area contributed by atoms with Crippen LogP contribution >= 0.6 is 0 Å². The lowest BCUT2D eigenvalue weighted by Gasteiger charge is -2.17. The topological polar surface area (TPSA) is 76.8 Å². The quantitative estimate of drug-likeness (QED) is 0.406. The zero-order valence-corrected chi connectivity index (χ0v) is 18.5. The van der Waals surface area contributed by atoms with Gasteiger partial charge < -0.3 is 4.90 Å². The number of carbonyl (C=O) groups excluding carboxylic acids is 1. The van der Waals surface area contributed by atoms with Crippen molar-refractivity contribution in [3.05, 3.63) is 103 Å². The van der Waals surface area contributed by atoms with Crippen molar-refractivity contribution in [2.45, 2.75) is 12.3 Å². The minimum Gasteiger partial charge on any atom is -0.338 e. The second kappa shape index (κ2) is 8.51. The van der Waals surface area contributed by atoms with E-state index in [0.717, 1.165) is 41.1 Å². The van der Waals surface area contributed by atoms with Crippen LogP contribution in [0, 0.1) is 0 Å². The van der Waals surface area contributed by atoms with Crippen molar-refractivity contribution in [2.24, 2.45) is 0 Å². The van der Waals surface area contributed by atoms with Crippen LogP contribution in [0.5, 0.6) is 0 Å². The molecule has 5 heterocycles. The average molecular weight is 447 g/mol. The Morgan fingerprint density at radius 3 is 2.41 bits per heavy atom. The first-order valence-corrected chi connectivity index (χ1v) is 11.3. The number of aromatic nitrogens is 5. The largest absolute Gasteiger partial charge is 0.338 e.